The van der Waals surface area contributed by atoms with Gasteiger partial charge in [-0.2, -0.15) is 0 Å². The molecule has 3 rings (SSSR count). The van der Waals surface area contributed by atoms with Crippen molar-refractivity contribution in [1.82, 2.24) is 10.2 Å². The van der Waals surface area contributed by atoms with E-state index in [2.05, 4.69) is 22.3 Å². The minimum absolute atomic E-state index is 0. The molecule has 1 aromatic carbocycles. The van der Waals surface area contributed by atoms with Gasteiger partial charge in [-0.1, -0.05) is 12.8 Å². The topological polar surface area (TPSA) is 43.0 Å². The van der Waals surface area contributed by atoms with Crippen LogP contribution in [-0.4, -0.2) is 52.4 Å². The van der Waals surface area contributed by atoms with Crippen molar-refractivity contribution < 1.29 is 14.2 Å². The van der Waals surface area contributed by atoms with E-state index in [9.17, 15) is 0 Å². The molecule has 0 radical (unpaired) electrons. The Morgan fingerprint density at radius 1 is 0.923 bits per heavy atom. The lowest BCUT2D eigenvalue weighted by Crippen LogP contribution is -2.46. The summed E-state index contributed by atoms with van der Waals surface area (Å²) >= 11 is 0. The predicted molar refractivity (Wildman–Crippen MR) is 110 cm³/mol. The zero-order chi connectivity index (χ0) is 16.9. The van der Waals surface area contributed by atoms with Gasteiger partial charge in [-0.05, 0) is 36.5 Å². The van der Waals surface area contributed by atoms with Crippen LogP contribution in [0.15, 0.2) is 12.1 Å². The third-order valence-corrected chi connectivity index (χ3v) is 5.42. The van der Waals surface area contributed by atoms with Gasteiger partial charge in [0.25, 0.3) is 0 Å². The Labute approximate surface area is 169 Å². The molecule has 1 heterocycles. The minimum atomic E-state index is 0. The molecule has 1 saturated heterocycles. The first-order valence-corrected chi connectivity index (χ1v) is 9.03. The Kier molecular flexibility index (Phi) is 9.86. The molecule has 1 N–H and O–H groups in total. The van der Waals surface area contributed by atoms with Crippen LogP contribution < -0.4 is 19.5 Å². The number of benzene rings is 1. The number of piperazine rings is 1. The Morgan fingerprint density at radius 3 is 1.92 bits per heavy atom. The van der Waals surface area contributed by atoms with Gasteiger partial charge in [0.15, 0.2) is 11.5 Å². The van der Waals surface area contributed by atoms with Crippen LogP contribution in [0.2, 0.25) is 0 Å². The first-order valence-electron chi connectivity index (χ1n) is 9.03. The van der Waals surface area contributed by atoms with Crippen molar-refractivity contribution >= 4 is 24.8 Å². The average Bonchev–Trinajstić information content (AvgIpc) is 3.16. The summed E-state index contributed by atoms with van der Waals surface area (Å²) in [5.74, 6) is 2.90. The van der Waals surface area contributed by atoms with Crippen molar-refractivity contribution in [3.8, 4) is 17.2 Å². The number of rotatable bonds is 6. The van der Waals surface area contributed by atoms with Gasteiger partial charge >= 0.3 is 0 Å². The maximum atomic E-state index is 5.58. The normalized spacial score (nSPS) is 19.2. The predicted octanol–water partition coefficient (Wildman–Crippen LogP) is 3.69. The summed E-state index contributed by atoms with van der Waals surface area (Å²) in [6.07, 6.45) is 5.31. The second kappa shape index (κ2) is 11.1. The standard InChI is InChI=1S/C19H30N2O3.2ClH/c1-22-16-12-15(13-17(23-2)19(16)24-3)18(14-6-4-5-7-14)21-10-8-20-9-11-21;;/h12-14,18,20H,4-11H2,1-3H3;2*1H/t18-;;/m1../s1. The SMILES string of the molecule is COc1cc([C@@H](C2CCCC2)N2CCNCC2)cc(OC)c1OC.Cl.Cl. The summed E-state index contributed by atoms with van der Waals surface area (Å²) in [5, 5.41) is 3.46. The average molecular weight is 407 g/mol. The van der Waals surface area contributed by atoms with E-state index in [-0.39, 0.29) is 24.8 Å². The third kappa shape index (κ3) is 4.89. The summed E-state index contributed by atoms with van der Waals surface area (Å²) in [6, 6.07) is 4.72. The molecule has 0 spiro atoms. The van der Waals surface area contributed by atoms with E-state index < -0.39 is 0 Å². The molecular formula is C19H32Cl2N2O3. The fraction of sp³-hybridized carbons (Fsp3) is 0.684. The number of nitrogens with zero attached hydrogens (tertiary/aromatic N) is 1. The molecule has 150 valence electrons. The van der Waals surface area contributed by atoms with Crippen molar-refractivity contribution in [2.24, 2.45) is 5.92 Å². The van der Waals surface area contributed by atoms with E-state index >= 15 is 0 Å². The summed E-state index contributed by atoms with van der Waals surface area (Å²) in [5.41, 5.74) is 1.29. The second-order valence-electron chi connectivity index (χ2n) is 6.73. The van der Waals surface area contributed by atoms with Gasteiger partial charge in [0, 0.05) is 32.2 Å². The minimum Gasteiger partial charge on any atom is -0.493 e. The molecular weight excluding hydrogens is 375 g/mol. The van der Waals surface area contributed by atoms with Crippen LogP contribution in [0.1, 0.15) is 37.3 Å². The van der Waals surface area contributed by atoms with Crippen LogP contribution in [0.4, 0.5) is 0 Å². The molecule has 2 fully saturated rings. The van der Waals surface area contributed by atoms with Crippen LogP contribution >= 0.6 is 24.8 Å². The van der Waals surface area contributed by atoms with Crippen LogP contribution in [0, 0.1) is 5.92 Å². The maximum absolute atomic E-state index is 5.58. The molecule has 0 aromatic heterocycles. The van der Waals surface area contributed by atoms with E-state index in [4.69, 9.17) is 14.2 Å². The number of nitrogens with one attached hydrogen (secondary N) is 1. The molecule has 0 amide bonds. The van der Waals surface area contributed by atoms with E-state index in [1.165, 1.54) is 31.2 Å². The number of hydrogen-bond acceptors (Lipinski definition) is 5. The fourth-order valence-electron chi connectivity index (χ4n) is 4.29. The summed E-state index contributed by atoms with van der Waals surface area (Å²) < 4.78 is 16.7. The van der Waals surface area contributed by atoms with Crippen molar-refractivity contribution in [1.29, 1.82) is 0 Å². The molecule has 26 heavy (non-hydrogen) atoms. The van der Waals surface area contributed by atoms with Crippen LogP contribution in [0.3, 0.4) is 0 Å². The van der Waals surface area contributed by atoms with Crippen molar-refractivity contribution in [2.75, 3.05) is 47.5 Å². The number of hydrogen-bond donors (Lipinski definition) is 1. The van der Waals surface area contributed by atoms with Crippen LogP contribution in [0.5, 0.6) is 17.2 Å². The lowest BCUT2D eigenvalue weighted by molar-refractivity contribution is 0.125. The highest BCUT2D eigenvalue weighted by Crippen LogP contribution is 2.45. The van der Waals surface area contributed by atoms with Gasteiger partial charge in [0.2, 0.25) is 5.75 Å². The van der Waals surface area contributed by atoms with Crippen LogP contribution in [-0.2, 0) is 0 Å². The second-order valence-corrected chi connectivity index (χ2v) is 6.73. The van der Waals surface area contributed by atoms with Gasteiger partial charge in [-0.3, -0.25) is 4.90 Å². The zero-order valence-corrected chi connectivity index (χ0v) is 17.6. The molecule has 1 aliphatic heterocycles. The molecule has 5 nitrogen and oxygen atoms in total. The summed E-state index contributed by atoms with van der Waals surface area (Å²) in [6.45, 7) is 4.32. The quantitative estimate of drug-likeness (QED) is 0.779. The Bertz CT molecular complexity index is 523. The van der Waals surface area contributed by atoms with Crippen LogP contribution in [0.25, 0.3) is 0 Å². The number of halogens is 2. The van der Waals surface area contributed by atoms with E-state index in [0.717, 1.165) is 37.7 Å². The molecule has 0 unspecified atom stereocenters. The van der Waals surface area contributed by atoms with E-state index in [1.807, 2.05) is 0 Å². The first kappa shape index (κ1) is 23.2. The highest BCUT2D eigenvalue weighted by molar-refractivity contribution is 5.85. The molecule has 0 bridgehead atoms. The van der Waals surface area contributed by atoms with Gasteiger partial charge in [0.05, 0.1) is 21.3 Å². The zero-order valence-electron chi connectivity index (χ0n) is 16.0. The van der Waals surface area contributed by atoms with Crippen molar-refractivity contribution in [3.63, 3.8) is 0 Å². The maximum Gasteiger partial charge on any atom is 0.203 e. The monoisotopic (exact) mass is 406 g/mol. The summed E-state index contributed by atoms with van der Waals surface area (Å²) in [4.78, 5) is 2.63. The summed E-state index contributed by atoms with van der Waals surface area (Å²) in [7, 11) is 5.04. The van der Waals surface area contributed by atoms with Crippen molar-refractivity contribution in [2.45, 2.75) is 31.7 Å². The molecule has 1 aromatic rings. The molecule has 1 aliphatic carbocycles. The molecule has 1 saturated carbocycles. The Hall–Kier alpha value is -0.880. The van der Waals surface area contributed by atoms with Gasteiger partial charge in [-0.15, -0.1) is 24.8 Å². The highest BCUT2D eigenvalue weighted by atomic mass is 35.5. The Morgan fingerprint density at radius 2 is 1.46 bits per heavy atom. The molecule has 7 heteroatoms. The Balaban J connectivity index is 0.00000169. The largest absolute Gasteiger partial charge is 0.493 e. The highest BCUT2D eigenvalue weighted by Gasteiger charge is 2.33. The van der Waals surface area contributed by atoms with E-state index in [0.29, 0.717) is 17.7 Å². The number of methoxy groups -OCH3 is 3. The smallest absolute Gasteiger partial charge is 0.203 e. The van der Waals surface area contributed by atoms with Gasteiger partial charge in [0.1, 0.15) is 0 Å². The first-order chi connectivity index (χ1) is 11.8. The number of ether oxygens (including phenoxy) is 3. The molecule has 2 aliphatic rings. The van der Waals surface area contributed by atoms with E-state index in [1.54, 1.807) is 21.3 Å². The lowest BCUT2D eigenvalue weighted by Gasteiger charge is -2.39. The fourth-order valence-corrected chi connectivity index (χ4v) is 4.29. The van der Waals surface area contributed by atoms with Gasteiger partial charge in [-0.25, -0.2) is 0 Å². The van der Waals surface area contributed by atoms with Crippen molar-refractivity contribution in [3.05, 3.63) is 17.7 Å². The lowest BCUT2D eigenvalue weighted by atomic mass is 9.89. The molecule has 1 atom stereocenters. The third-order valence-electron chi connectivity index (χ3n) is 5.42. The van der Waals surface area contributed by atoms with Gasteiger partial charge < -0.3 is 19.5 Å².